The van der Waals surface area contributed by atoms with Gasteiger partial charge in [-0.2, -0.15) is 17.9 Å². The van der Waals surface area contributed by atoms with E-state index in [1.165, 1.54) is 0 Å². The van der Waals surface area contributed by atoms with Crippen LogP contribution < -0.4 is 4.74 Å². The first-order chi connectivity index (χ1) is 6.76. The van der Waals surface area contributed by atoms with Gasteiger partial charge in [0.15, 0.2) is 0 Å². The molecule has 1 unspecified atom stereocenters. The van der Waals surface area contributed by atoms with Gasteiger partial charge in [-0.15, -0.1) is 0 Å². The van der Waals surface area contributed by atoms with Crippen molar-refractivity contribution in [3.05, 3.63) is 29.8 Å². The summed E-state index contributed by atoms with van der Waals surface area (Å²) in [4.78, 5) is 0. The molecule has 0 radical (unpaired) electrons. The molecule has 0 aromatic heterocycles. The Morgan fingerprint density at radius 1 is 1.43 bits per heavy atom. The largest absolute Gasteiger partial charge is 0.493 e. The summed E-state index contributed by atoms with van der Waals surface area (Å²) >= 11 is 4.17. The molecule has 1 rings (SSSR count). The molecule has 0 saturated heterocycles. The standard InChI is InChI=1S/C11H13NOS/c1-9(8-14)7-13-11-4-2-10(6-12)3-5-11/h2-5,9,14H,7-8H2,1H3. The van der Waals surface area contributed by atoms with Crippen molar-refractivity contribution in [3.8, 4) is 11.8 Å². The van der Waals surface area contributed by atoms with E-state index in [0.29, 0.717) is 18.1 Å². The van der Waals surface area contributed by atoms with E-state index in [0.717, 1.165) is 11.5 Å². The zero-order valence-corrected chi connectivity index (χ0v) is 9.00. The van der Waals surface area contributed by atoms with Crippen molar-refractivity contribution >= 4 is 12.6 Å². The first kappa shape index (κ1) is 10.9. The van der Waals surface area contributed by atoms with Gasteiger partial charge >= 0.3 is 0 Å². The highest BCUT2D eigenvalue weighted by Gasteiger charge is 2.00. The van der Waals surface area contributed by atoms with Gasteiger partial charge in [0.05, 0.1) is 18.2 Å². The van der Waals surface area contributed by atoms with Gasteiger partial charge in [-0.05, 0) is 35.9 Å². The molecule has 0 bridgehead atoms. The van der Waals surface area contributed by atoms with Crippen LogP contribution in [0.1, 0.15) is 12.5 Å². The molecule has 1 atom stereocenters. The predicted octanol–water partition coefficient (Wildman–Crippen LogP) is 2.50. The summed E-state index contributed by atoms with van der Waals surface area (Å²) in [5.41, 5.74) is 0.652. The van der Waals surface area contributed by atoms with Crippen LogP contribution in [-0.2, 0) is 0 Å². The van der Waals surface area contributed by atoms with Gasteiger partial charge in [0.25, 0.3) is 0 Å². The second-order valence-corrected chi connectivity index (χ2v) is 3.60. The Bertz CT molecular complexity index is 315. The third-order valence-corrected chi connectivity index (χ3v) is 2.45. The van der Waals surface area contributed by atoms with E-state index in [4.69, 9.17) is 10.00 Å². The summed E-state index contributed by atoms with van der Waals surface area (Å²) in [6.45, 7) is 2.74. The topological polar surface area (TPSA) is 33.0 Å². The number of benzene rings is 1. The molecule has 14 heavy (non-hydrogen) atoms. The van der Waals surface area contributed by atoms with E-state index in [2.05, 4.69) is 25.6 Å². The number of nitriles is 1. The Kier molecular flexibility index (Phi) is 4.34. The van der Waals surface area contributed by atoms with Crippen molar-refractivity contribution in [3.63, 3.8) is 0 Å². The van der Waals surface area contributed by atoms with Crippen LogP contribution in [0.3, 0.4) is 0 Å². The van der Waals surface area contributed by atoms with Crippen LogP contribution in [0.5, 0.6) is 5.75 Å². The number of hydrogen-bond donors (Lipinski definition) is 1. The first-order valence-corrected chi connectivity index (χ1v) is 5.13. The van der Waals surface area contributed by atoms with Gasteiger partial charge < -0.3 is 4.74 Å². The lowest BCUT2D eigenvalue weighted by Crippen LogP contribution is -2.09. The van der Waals surface area contributed by atoms with E-state index < -0.39 is 0 Å². The SMILES string of the molecule is CC(CS)COc1ccc(C#N)cc1. The quantitative estimate of drug-likeness (QED) is 0.769. The molecule has 0 N–H and O–H groups in total. The third kappa shape index (κ3) is 3.31. The van der Waals surface area contributed by atoms with Crippen molar-refractivity contribution in [2.24, 2.45) is 5.92 Å². The van der Waals surface area contributed by atoms with Crippen LogP contribution in [0.15, 0.2) is 24.3 Å². The lowest BCUT2D eigenvalue weighted by molar-refractivity contribution is 0.273. The number of rotatable bonds is 4. The summed E-state index contributed by atoms with van der Waals surface area (Å²) in [5, 5.41) is 8.58. The van der Waals surface area contributed by atoms with Gasteiger partial charge in [0.2, 0.25) is 0 Å². The smallest absolute Gasteiger partial charge is 0.119 e. The molecular weight excluding hydrogens is 194 g/mol. The Labute approximate surface area is 89.9 Å². The van der Waals surface area contributed by atoms with E-state index in [9.17, 15) is 0 Å². The van der Waals surface area contributed by atoms with Crippen molar-refractivity contribution in [1.29, 1.82) is 5.26 Å². The lowest BCUT2D eigenvalue weighted by Gasteiger charge is -2.10. The Hall–Kier alpha value is -1.14. The molecule has 0 fully saturated rings. The van der Waals surface area contributed by atoms with E-state index in [-0.39, 0.29) is 0 Å². The number of ether oxygens (including phenoxy) is 1. The minimum Gasteiger partial charge on any atom is -0.493 e. The second-order valence-electron chi connectivity index (χ2n) is 3.23. The number of hydrogen-bond acceptors (Lipinski definition) is 3. The van der Waals surface area contributed by atoms with Crippen LogP contribution in [0, 0.1) is 17.2 Å². The molecule has 0 aliphatic rings. The van der Waals surface area contributed by atoms with Gasteiger partial charge in [-0.1, -0.05) is 6.92 Å². The maximum atomic E-state index is 8.58. The zero-order chi connectivity index (χ0) is 10.4. The molecule has 0 spiro atoms. The fourth-order valence-corrected chi connectivity index (χ4v) is 1.02. The highest BCUT2D eigenvalue weighted by Crippen LogP contribution is 2.12. The van der Waals surface area contributed by atoms with Crippen molar-refractivity contribution in [2.45, 2.75) is 6.92 Å². The first-order valence-electron chi connectivity index (χ1n) is 4.50. The Balaban J connectivity index is 2.49. The Morgan fingerprint density at radius 2 is 2.07 bits per heavy atom. The number of nitrogens with zero attached hydrogens (tertiary/aromatic N) is 1. The summed E-state index contributed by atoms with van der Waals surface area (Å²) in [7, 11) is 0. The lowest BCUT2D eigenvalue weighted by atomic mass is 10.2. The molecule has 0 heterocycles. The van der Waals surface area contributed by atoms with E-state index >= 15 is 0 Å². The van der Waals surface area contributed by atoms with Gasteiger partial charge in [0.1, 0.15) is 5.75 Å². The third-order valence-electron chi connectivity index (χ3n) is 1.83. The second kappa shape index (κ2) is 5.56. The molecule has 0 aliphatic carbocycles. The molecule has 3 heteroatoms. The molecule has 1 aromatic rings. The fourth-order valence-electron chi connectivity index (χ4n) is 0.917. The minimum atomic E-state index is 0.439. The summed E-state index contributed by atoms with van der Waals surface area (Å²) in [6, 6.07) is 9.18. The highest BCUT2D eigenvalue weighted by molar-refractivity contribution is 7.80. The van der Waals surface area contributed by atoms with Gasteiger partial charge in [-0.3, -0.25) is 0 Å². The molecule has 2 nitrogen and oxygen atoms in total. The zero-order valence-electron chi connectivity index (χ0n) is 8.10. The van der Waals surface area contributed by atoms with Crippen LogP contribution in [0.4, 0.5) is 0 Å². The minimum absolute atomic E-state index is 0.439. The molecule has 0 saturated carbocycles. The molecular formula is C11H13NOS. The van der Waals surface area contributed by atoms with Crippen LogP contribution in [0.25, 0.3) is 0 Å². The van der Waals surface area contributed by atoms with Crippen molar-refractivity contribution < 1.29 is 4.74 Å². The van der Waals surface area contributed by atoms with Crippen molar-refractivity contribution in [2.75, 3.05) is 12.4 Å². The monoisotopic (exact) mass is 207 g/mol. The molecule has 1 aromatic carbocycles. The maximum Gasteiger partial charge on any atom is 0.119 e. The van der Waals surface area contributed by atoms with Crippen LogP contribution >= 0.6 is 12.6 Å². The predicted molar refractivity (Wildman–Crippen MR) is 59.7 cm³/mol. The summed E-state index contributed by atoms with van der Waals surface area (Å²) in [5.74, 6) is 2.06. The van der Waals surface area contributed by atoms with E-state index in [1.54, 1.807) is 12.1 Å². The highest BCUT2D eigenvalue weighted by atomic mass is 32.1. The van der Waals surface area contributed by atoms with Gasteiger partial charge in [-0.25, -0.2) is 0 Å². The van der Waals surface area contributed by atoms with Crippen LogP contribution in [0.2, 0.25) is 0 Å². The molecule has 0 aliphatic heterocycles. The fraction of sp³-hybridized carbons (Fsp3) is 0.364. The summed E-state index contributed by atoms with van der Waals surface area (Å²) in [6.07, 6.45) is 0. The van der Waals surface area contributed by atoms with E-state index in [1.807, 2.05) is 12.1 Å². The normalized spacial score (nSPS) is 11.8. The van der Waals surface area contributed by atoms with Crippen LogP contribution in [-0.4, -0.2) is 12.4 Å². The average molecular weight is 207 g/mol. The average Bonchev–Trinajstić information content (AvgIpc) is 2.26. The van der Waals surface area contributed by atoms with Crippen molar-refractivity contribution in [1.82, 2.24) is 0 Å². The molecule has 0 amide bonds. The maximum absolute atomic E-state index is 8.58. The van der Waals surface area contributed by atoms with Gasteiger partial charge in [0, 0.05) is 0 Å². The number of thiol groups is 1. The summed E-state index contributed by atoms with van der Waals surface area (Å²) < 4.78 is 5.50. The Morgan fingerprint density at radius 3 is 2.57 bits per heavy atom. The molecule has 74 valence electrons.